The molecule has 5 heteroatoms. The van der Waals surface area contributed by atoms with Crippen molar-refractivity contribution in [1.82, 2.24) is 5.43 Å². The van der Waals surface area contributed by atoms with E-state index >= 15 is 0 Å². The summed E-state index contributed by atoms with van der Waals surface area (Å²) in [4.78, 5) is 0. The fourth-order valence-corrected chi connectivity index (χ4v) is 2.12. The van der Waals surface area contributed by atoms with Gasteiger partial charge in [0.15, 0.2) is 0 Å². The number of hydrogen-bond donors (Lipinski definition) is 2. The van der Waals surface area contributed by atoms with Gasteiger partial charge in [0.05, 0.1) is 22.2 Å². The molecule has 1 aromatic carbocycles. The third-order valence-electron chi connectivity index (χ3n) is 2.57. The van der Waals surface area contributed by atoms with Crippen molar-refractivity contribution in [3.63, 3.8) is 0 Å². The fourth-order valence-electron chi connectivity index (χ4n) is 1.70. The number of methoxy groups -OCH3 is 1. The van der Waals surface area contributed by atoms with E-state index in [2.05, 4.69) is 5.43 Å². The molecule has 0 spiro atoms. The molecule has 3 N–H and O–H groups in total. The molecule has 1 aromatic rings. The molecule has 2 unspecified atom stereocenters. The van der Waals surface area contributed by atoms with Gasteiger partial charge in [-0.05, 0) is 18.1 Å². The second kappa shape index (κ2) is 6.42. The number of hydrogen-bond acceptors (Lipinski definition) is 3. The molecular weight excluding hydrogens is 247 g/mol. The van der Waals surface area contributed by atoms with E-state index in [1.165, 1.54) is 0 Å². The summed E-state index contributed by atoms with van der Waals surface area (Å²) in [5.74, 6) is 5.54. The summed E-state index contributed by atoms with van der Waals surface area (Å²) in [6.45, 7) is 2.02. The molecule has 0 amide bonds. The van der Waals surface area contributed by atoms with Gasteiger partial charge in [-0.2, -0.15) is 0 Å². The van der Waals surface area contributed by atoms with Crippen LogP contribution in [0.1, 0.15) is 24.9 Å². The molecule has 0 saturated carbocycles. The topological polar surface area (TPSA) is 47.3 Å². The predicted molar refractivity (Wildman–Crippen MR) is 67.6 cm³/mol. The van der Waals surface area contributed by atoms with Gasteiger partial charge in [0.1, 0.15) is 0 Å². The highest BCUT2D eigenvalue weighted by Crippen LogP contribution is 2.32. The molecule has 16 heavy (non-hydrogen) atoms. The fraction of sp³-hybridized carbons (Fsp3) is 0.455. The van der Waals surface area contributed by atoms with Crippen molar-refractivity contribution in [2.45, 2.75) is 25.5 Å². The highest BCUT2D eigenvalue weighted by molar-refractivity contribution is 6.42. The number of nitrogens with one attached hydrogen (secondary N) is 1. The minimum atomic E-state index is -0.166. The van der Waals surface area contributed by atoms with Crippen LogP contribution in [0, 0.1) is 0 Å². The maximum Gasteiger partial charge on any atom is 0.0776 e. The maximum absolute atomic E-state index is 6.14. The average molecular weight is 263 g/mol. The number of nitrogens with two attached hydrogens (primary N) is 1. The van der Waals surface area contributed by atoms with Crippen LogP contribution in [0.4, 0.5) is 0 Å². The van der Waals surface area contributed by atoms with E-state index < -0.39 is 0 Å². The smallest absolute Gasteiger partial charge is 0.0776 e. The van der Waals surface area contributed by atoms with Gasteiger partial charge in [-0.15, -0.1) is 0 Å². The molecular formula is C11H16Cl2N2O. The van der Waals surface area contributed by atoms with Crippen molar-refractivity contribution in [2.75, 3.05) is 7.11 Å². The molecule has 90 valence electrons. The monoisotopic (exact) mass is 262 g/mol. The van der Waals surface area contributed by atoms with Crippen LogP contribution in [0.5, 0.6) is 0 Å². The molecule has 0 aliphatic carbocycles. The van der Waals surface area contributed by atoms with E-state index in [0.717, 1.165) is 12.0 Å². The number of hydrazine groups is 1. The van der Waals surface area contributed by atoms with E-state index in [0.29, 0.717) is 10.0 Å². The number of halogens is 2. The summed E-state index contributed by atoms with van der Waals surface area (Å²) < 4.78 is 5.36. The van der Waals surface area contributed by atoms with Gasteiger partial charge < -0.3 is 4.74 Å². The molecule has 0 radical (unpaired) electrons. The van der Waals surface area contributed by atoms with Crippen LogP contribution >= 0.6 is 23.2 Å². The lowest BCUT2D eigenvalue weighted by molar-refractivity contribution is 0.0651. The first-order chi connectivity index (χ1) is 7.65. The summed E-state index contributed by atoms with van der Waals surface area (Å²) in [5.41, 5.74) is 3.57. The van der Waals surface area contributed by atoms with Gasteiger partial charge >= 0.3 is 0 Å². The Morgan fingerprint density at radius 2 is 2.12 bits per heavy atom. The van der Waals surface area contributed by atoms with Crippen molar-refractivity contribution < 1.29 is 4.74 Å². The predicted octanol–water partition coefficient (Wildman–Crippen LogP) is 2.92. The standard InChI is InChI=1S/C11H16Cl2N2O/c1-3-9(16-2)11(15-14)7-5-4-6-8(12)10(7)13/h4-6,9,11,15H,3,14H2,1-2H3. The van der Waals surface area contributed by atoms with Crippen LogP contribution in [0.25, 0.3) is 0 Å². The Hall–Kier alpha value is -0.320. The zero-order chi connectivity index (χ0) is 12.1. The lowest BCUT2D eigenvalue weighted by Crippen LogP contribution is -2.37. The highest BCUT2D eigenvalue weighted by Gasteiger charge is 2.23. The van der Waals surface area contributed by atoms with Gasteiger partial charge in [-0.3, -0.25) is 11.3 Å². The number of benzene rings is 1. The van der Waals surface area contributed by atoms with Gasteiger partial charge in [0.25, 0.3) is 0 Å². The Kier molecular flexibility index (Phi) is 5.52. The Balaban J connectivity index is 3.07. The second-order valence-corrected chi connectivity index (χ2v) is 4.25. The zero-order valence-electron chi connectivity index (χ0n) is 9.34. The van der Waals surface area contributed by atoms with Crippen LogP contribution in [0.2, 0.25) is 10.0 Å². The van der Waals surface area contributed by atoms with Gasteiger partial charge in [-0.1, -0.05) is 42.3 Å². The molecule has 0 fully saturated rings. The van der Waals surface area contributed by atoms with Gasteiger partial charge in [0.2, 0.25) is 0 Å². The van der Waals surface area contributed by atoms with Crippen molar-refractivity contribution in [1.29, 1.82) is 0 Å². The summed E-state index contributed by atoms with van der Waals surface area (Å²) in [6, 6.07) is 5.31. The third kappa shape index (κ3) is 2.87. The van der Waals surface area contributed by atoms with E-state index in [1.54, 1.807) is 13.2 Å². The first-order valence-corrected chi connectivity index (χ1v) is 5.84. The minimum absolute atomic E-state index is 0.0408. The quantitative estimate of drug-likeness (QED) is 0.634. The van der Waals surface area contributed by atoms with E-state index in [4.69, 9.17) is 33.8 Å². The molecule has 0 aliphatic heterocycles. The molecule has 3 nitrogen and oxygen atoms in total. The summed E-state index contributed by atoms with van der Waals surface area (Å²) in [7, 11) is 1.65. The molecule has 1 rings (SSSR count). The maximum atomic E-state index is 6.14. The number of ether oxygens (including phenoxy) is 1. The average Bonchev–Trinajstić information content (AvgIpc) is 2.30. The zero-order valence-corrected chi connectivity index (χ0v) is 10.8. The SMILES string of the molecule is CCC(OC)C(NN)c1cccc(Cl)c1Cl. The molecule has 0 bridgehead atoms. The van der Waals surface area contributed by atoms with E-state index in [9.17, 15) is 0 Å². The van der Waals surface area contributed by atoms with Crippen molar-refractivity contribution in [2.24, 2.45) is 5.84 Å². The molecule has 0 aromatic heterocycles. The lowest BCUT2D eigenvalue weighted by Gasteiger charge is -2.25. The molecule has 0 aliphatic rings. The van der Waals surface area contributed by atoms with Gasteiger partial charge in [0, 0.05) is 7.11 Å². The Labute approximate surface area is 106 Å². The first kappa shape index (κ1) is 13.7. The van der Waals surface area contributed by atoms with Crippen LogP contribution in [0.15, 0.2) is 18.2 Å². The molecule has 2 atom stereocenters. The Morgan fingerprint density at radius 3 is 2.62 bits per heavy atom. The lowest BCUT2D eigenvalue weighted by atomic mass is 10.00. The highest BCUT2D eigenvalue weighted by atomic mass is 35.5. The van der Waals surface area contributed by atoms with Crippen molar-refractivity contribution in [3.05, 3.63) is 33.8 Å². The van der Waals surface area contributed by atoms with Gasteiger partial charge in [-0.25, -0.2) is 0 Å². The third-order valence-corrected chi connectivity index (χ3v) is 3.41. The van der Waals surface area contributed by atoms with E-state index in [1.807, 2.05) is 19.1 Å². The first-order valence-electron chi connectivity index (χ1n) is 5.08. The summed E-state index contributed by atoms with van der Waals surface area (Å²) in [6.07, 6.45) is 0.787. The van der Waals surface area contributed by atoms with Crippen LogP contribution in [0.3, 0.4) is 0 Å². The normalized spacial score (nSPS) is 14.8. The van der Waals surface area contributed by atoms with Crippen LogP contribution in [-0.2, 0) is 4.74 Å². The Bertz CT molecular complexity index is 343. The summed E-state index contributed by atoms with van der Waals surface area (Å²) in [5, 5.41) is 1.04. The molecule has 0 heterocycles. The van der Waals surface area contributed by atoms with Crippen LogP contribution in [-0.4, -0.2) is 13.2 Å². The second-order valence-electron chi connectivity index (χ2n) is 3.47. The van der Waals surface area contributed by atoms with Crippen LogP contribution < -0.4 is 11.3 Å². The van der Waals surface area contributed by atoms with Crippen molar-refractivity contribution in [3.8, 4) is 0 Å². The van der Waals surface area contributed by atoms with Crippen molar-refractivity contribution >= 4 is 23.2 Å². The minimum Gasteiger partial charge on any atom is -0.379 e. The number of rotatable bonds is 5. The Morgan fingerprint density at radius 1 is 1.44 bits per heavy atom. The van der Waals surface area contributed by atoms with E-state index in [-0.39, 0.29) is 12.1 Å². The molecule has 0 saturated heterocycles. The largest absolute Gasteiger partial charge is 0.379 e. The summed E-state index contributed by atoms with van der Waals surface area (Å²) >= 11 is 12.1.